The van der Waals surface area contributed by atoms with Crippen molar-refractivity contribution in [3.63, 3.8) is 0 Å². The number of hydrogen-bond donors (Lipinski definition) is 1. The summed E-state index contributed by atoms with van der Waals surface area (Å²) in [7, 11) is 1.47. The van der Waals surface area contributed by atoms with Crippen LogP contribution in [-0.2, 0) is 6.61 Å². The molecule has 0 heterocycles. The lowest BCUT2D eigenvalue weighted by Crippen LogP contribution is -2.00. The maximum Gasteiger partial charge on any atom is 0.157 e. The molecule has 4 nitrogen and oxygen atoms in total. The molecule has 1 N–H and O–H groups in total. The van der Waals surface area contributed by atoms with E-state index in [1.54, 1.807) is 6.07 Å². The molecule has 20 heavy (non-hydrogen) atoms. The Morgan fingerprint density at radius 2 is 1.95 bits per heavy atom. The minimum absolute atomic E-state index is 0.0913. The van der Waals surface area contributed by atoms with Gasteiger partial charge in [0.1, 0.15) is 28.3 Å². The van der Waals surface area contributed by atoms with Crippen LogP contribution in [0.5, 0.6) is 17.2 Å². The van der Waals surface area contributed by atoms with Crippen molar-refractivity contribution in [3.05, 3.63) is 52.0 Å². The van der Waals surface area contributed by atoms with Crippen molar-refractivity contribution in [1.82, 2.24) is 0 Å². The van der Waals surface area contributed by atoms with E-state index in [9.17, 15) is 9.90 Å². The highest BCUT2D eigenvalue weighted by molar-refractivity contribution is 9.10. The lowest BCUT2D eigenvalue weighted by Gasteiger charge is -2.13. The van der Waals surface area contributed by atoms with Gasteiger partial charge in [0, 0.05) is 6.07 Å². The van der Waals surface area contributed by atoms with Crippen LogP contribution in [0, 0.1) is 0 Å². The van der Waals surface area contributed by atoms with E-state index in [0.717, 1.165) is 5.56 Å². The molecular formula is C15H13BrO4. The van der Waals surface area contributed by atoms with Gasteiger partial charge in [-0.15, -0.1) is 0 Å². The first-order valence-corrected chi connectivity index (χ1v) is 6.68. The molecule has 2 aromatic rings. The molecule has 0 bridgehead atoms. The summed E-state index contributed by atoms with van der Waals surface area (Å²) in [5.41, 5.74) is 1.05. The Morgan fingerprint density at radius 1 is 1.25 bits per heavy atom. The zero-order chi connectivity index (χ0) is 14.5. The monoisotopic (exact) mass is 336 g/mol. The minimum Gasteiger partial charge on any atom is -0.506 e. The molecule has 0 saturated carbocycles. The van der Waals surface area contributed by atoms with E-state index in [4.69, 9.17) is 9.47 Å². The van der Waals surface area contributed by atoms with Crippen LogP contribution in [0.4, 0.5) is 0 Å². The van der Waals surface area contributed by atoms with Gasteiger partial charge in [0.25, 0.3) is 0 Å². The number of phenols is 1. The minimum atomic E-state index is -0.192. The largest absolute Gasteiger partial charge is 0.506 e. The molecule has 0 amide bonds. The van der Waals surface area contributed by atoms with Crippen molar-refractivity contribution in [2.45, 2.75) is 6.61 Å². The molecule has 0 spiro atoms. The normalized spacial score (nSPS) is 10.1. The van der Waals surface area contributed by atoms with E-state index in [1.807, 2.05) is 30.3 Å². The number of aldehydes is 1. The molecule has 0 aliphatic carbocycles. The summed E-state index contributed by atoms with van der Waals surface area (Å²) in [6.45, 7) is 0.298. The van der Waals surface area contributed by atoms with Crippen molar-refractivity contribution in [1.29, 1.82) is 0 Å². The Hall–Kier alpha value is -2.01. The van der Waals surface area contributed by atoms with Gasteiger partial charge in [-0.05, 0) is 21.5 Å². The average molecular weight is 337 g/mol. The number of rotatable bonds is 5. The standard InChI is InChI=1S/C15H13BrO4/c1-19-13-7-12(11(8-17)15(18)14(13)16)20-9-10-5-3-2-4-6-10/h2-8,18H,9H2,1H3. The summed E-state index contributed by atoms with van der Waals surface area (Å²) < 4.78 is 11.0. The lowest BCUT2D eigenvalue weighted by atomic mass is 10.2. The van der Waals surface area contributed by atoms with Crippen molar-refractivity contribution in [2.75, 3.05) is 7.11 Å². The zero-order valence-electron chi connectivity index (χ0n) is 10.8. The highest BCUT2D eigenvalue weighted by atomic mass is 79.9. The van der Waals surface area contributed by atoms with Crippen LogP contribution in [0.15, 0.2) is 40.9 Å². The van der Waals surface area contributed by atoms with Crippen LogP contribution in [0.1, 0.15) is 15.9 Å². The number of ether oxygens (including phenoxy) is 2. The van der Waals surface area contributed by atoms with Gasteiger partial charge in [-0.25, -0.2) is 0 Å². The highest BCUT2D eigenvalue weighted by Gasteiger charge is 2.17. The summed E-state index contributed by atoms with van der Waals surface area (Å²) in [5, 5.41) is 9.95. The van der Waals surface area contributed by atoms with Gasteiger partial charge in [-0.3, -0.25) is 4.79 Å². The predicted octanol–water partition coefficient (Wildman–Crippen LogP) is 3.55. The maximum absolute atomic E-state index is 11.1. The fourth-order valence-corrected chi connectivity index (χ4v) is 2.22. The third-order valence-corrected chi connectivity index (χ3v) is 3.55. The van der Waals surface area contributed by atoms with Gasteiger partial charge >= 0.3 is 0 Å². The van der Waals surface area contributed by atoms with Crippen molar-refractivity contribution >= 4 is 22.2 Å². The third-order valence-electron chi connectivity index (χ3n) is 2.78. The number of phenolic OH excluding ortho intramolecular Hbond substituents is 1. The predicted molar refractivity (Wildman–Crippen MR) is 78.5 cm³/mol. The quantitative estimate of drug-likeness (QED) is 0.848. The molecule has 2 aromatic carbocycles. The summed E-state index contributed by atoms with van der Waals surface area (Å²) in [6, 6.07) is 11.1. The lowest BCUT2D eigenvalue weighted by molar-refractivity contribution is 0.111. The summed E-state index contributed by atoms with van der Waals surface area (Å²) in [6.07, 6.45) is 0.555. The number of aromatic hydroxyl groups is 1. The molecule has 2 rings (SSSR count). The molecule has 0 atom stereocenters. The Morgan fingerprint density at radius 3 is 2.55 bits per heavy atom. The van der Waals surface area contributed by atoms with Crippen LogP contribution in [0.25, 0.3) is 0 Å². The van der Waals surface area contributed by atoms with E-state index >= 15 is 0 Å². The summed E-state index contributed by atoms with van der Waals surface area (Å²) >= 11 is 3.17. The van der Waals surface area contributed by atoms with E-state index in [2.05, 4.69) is 15.9 Å². The van der Waals surface area contributed by atoms with Crippen LogP contribution in [0.2, 0.25) is 0 Å². The first-order chi connectivity index (χ1) is 9.67. The van der Waals surface area contributed by atoms with Crippen LogP contribution in [-0.4, -0.2) is 18.5 Å². The van der Waals surface area contributed by atoms with Crippen molar-refractivity contribution in [2.24, 2.45) is 0 Å². The van der Waals surface area contributed by atoms with E-state index in [-0.39, 0.29) is 17.1 Å². The Balaban J connectivity index is 2.31. The molecular weight excluding hydrogens is 324 g/mol. The SMILES string of the molecule is COc1cc(OCc2ccccc2)c(C=O)c(O)c1Br. The first kappa shape index (κ1) is 14.4. The van der Waals surface area contributed by atoms with Gasteiger partial charge in [-0.1, -0.05) is 30.3 Å². The number of carbonyl (C=O) groups is 1. The Bertz CT molecular complexity index is 611. The maximum atomic E-state index is 11.1. The smallest absolute Gasteiger partial charge is 0.157 e. The second-order valence-electron chi connectivity index (χ2n) is 4.05. The van der Waals surface area contributed by atoms with Gasteiger partial charge in [0.05, 0.1) is 12.7 Å². The summed E-state index contributed by atoms with van der Waals surface area (Å²) in [5.74, 6) is 0.486. The molecule has 0 aromatic heterocycles. The van der Waals surface area contributed by atoms with E-state index in [1.165, 1.54) is 7.11 Å². The third kappa shape index (κ3) is 2.93. The topological polar surface area (TPSA) is 55.8 Å². The summed E-state index contributed by atoms with van der Waals surface area (Å²) in [4.78, 5) is 11.1. The zero-order valence-corrected chi connectivity index (χ0v) is 12.4. The molecule has 5 heteroatoms. The second-order valence-corrected chi connectivity index (χ2v) is 4.84. The molecule has 0 unspecified atom stereocenters. The first-order valence-electron chi connectivity index (χ1n) is 5.88. The number of carbonyl (C=O) groups excluding carboxylic acids is 1. The van der Waals surface area contributed by atoms with Crippen LogP contribution < -0.4 is 9.47 Å². The number of benzene rings is 2. The molecule has 0 aliphatic rings. The molecule has 0 saturated heterocycles. The Labute approximate surface area is 125 Å². The second kappa shape index (κ2) is 6.43. The van der Waals surface area contributed by atoms with Crippen LogP contribution >= 0.6 is 15.9 Å². The van der Waals surface area contributed by atoms with Gasteiger partial charge in [0.2, 0.25) is 0 Å². The fraction of sp³-hybridized carbons (Fsp3) is 0.133. The Kier molecular flexibility index (Phi) is 4.63. The molecule has 0 aliphatic heterocycles. The van der Waals surface area contributed by atoms with E-state index < -0.39 is 0 Å². The van der Waals surface area contributed by atoms with Gasteiger partial charge in [0.15, 0.2) is 6.29 Å². The molecule has 104 valence electrons. The van der Waals surface area contributed by atoms with E-state index in [0.29, 0.717) is 23.1 Å². The highest BCUT2D eigenvalue weighted by Crippen LogP contribution is 2.41. The number of halogens is 1. The number of hydrogen-bond acceptors (Lipinski definition) is 4. The molecule has 0 fully saturated rings. The van der Waals surface area contributed by atoms with Gasteiger partial charge < -0.3 is 14.6 Å². The van der Waals surface area contributed by atoms with Gasteiger partial charge in [-0.2, -0.15) is 0 Å². The average Bonchev–Trinajstić information content (AvgIpc) is 2.49. The molecule has 0 radical (unpaired) electrons. The van der Waals surface area contributed by atoms with Crippen molar-refractivity contribution < 1.29 is 19.4 Å². The number of methoxy groups -OCH3 is 1. The van der Waals surface area contributed by atoms with Crippen LogP contribution in [0.3, 0.4) is 0 Å². The fourth-order valence-electron chi connectivity index (χ4n) is 1.73. The van der Waals surface area contributed by atoms with Crippen molar-refractivity contribution in [3.8, 4) is 17.2 Å².